The molecule has 0 bridgehead atoms. The molecule has 4 rings (SSSR count). The van der Waals surface area contributed by atoms with Gasteiger partial charge in [0.2, 0.25) is 17.7 Å². The highest BCUT2D eigenvalue weighted by molar-refractivity contribution is 5.83. The van der Waals surface area contributed by atoms with Crippen LogP contribution in [0.4, 0.5) is 0 Å². The van der Waals surface area contributed by atoms with Crippen LogP contribution in [0, 0.1) is 11.8 Å². The minimum atomic E-state index is -0.146. The van der Waals surface area contributed by atoms with Gasteiger partial charge in [-0.1, -0.05) is 5.16 Å². The van der Waals surface area contributed by atoms with E-state index in [0.29, 0.717) is 44.2 Å². The lowest BCUT2D eigenvalue weighted by Crippen LogP contribution is -2.49. The van der Waals surface area contributed by atoms with Gasteiger partial charge in [-0.2, -0.15) is 4.98 Å². The summed E-state index contributed by atoms with van der Waals surface area (Å²) in [6.07, 6.45) is 5.68. The lowest BCUT2D eigenvalue weighted by molar-refractivity contribution is -0.139. The van der Waals surface area contributed by atoms with Gasteiger partial charge in [-0.3, -0.25) is 9.59 Å². The van der Waals surface area contributed by atoms with Crippen LogP contribution in [0.1, 0.15) is 49.7 Å². The summed E-state index contributed by atoms with van der Waals surface area (Å²) in [6, 6.07) is 0. The zero-order chi connectivity index (χ0) is 18.8. The molecule has 3 aliphatic rings. The topological polar surface area (TPSA) is 91.6 Å². The second-order valence-corrected chi connectivity index (χ2v) is 8.15. The Hall–Kier alpha value is -1.96. The molecule has 1 aliphatic carbocycles. The molecule has 2 amide bonds. The number of rotatable bonds is 6. The second kappa shape index (κ2) is 7.96. The number of carbonyl (C=O) groups excluding carboxylic acids is 2. The van der Waals surface area contributed by atoms with Crippen molar-refractivity contribution in [3.05, 3.63) is 11.7 Å². The highest BCUT2D eigenvalue weighted by atomic mass is 16.5. The Kier molecular flexibility index (Phi) is 5.43. The lowest BCUT2D eigenvalue weighted by atomic mass is 9.88. The van der Waals surface area contributed by atoms with Crippen molar-refractivity contribution in [2.75, 3.05) is 39.8 Å². The van der Waals surface area contributed by atoms with E-state index >= 15 is 0 Å². The Bertz CT molecular complexity index is 681. The van der Waals surface area contributed by atoms with E-state index < -0.39 is 0 Å². The predicted molar refractivity (Wildman–Crippen MR) is 97.9 cm³/mol. The van der Waals surface area contributed by atoms with E-state index in [1.807, 2.05) is 11.9 Å². The second-order valence-electron chi connectivity index (χ2n) is 8.15. The number of hydrogen-bond acceptors (Lipinski definition) is 6. The van der Waals surface area contributed by atoms with Gasteiger partial charge in [0.25, 0.3) is 0 Å². The van der Waals surface area contributed by atoms with Crippen LogP contribution in [0.15, 0.2) is 4.52 Å². The number of nitrogens with one attached hydrogen (secondary N) is 1. The Balaban J connectivity index is 1.27. The van der Waals surface area contributed by atoms with Crippen molar-refractivity contribution >= 4 is 11.8 Å². The van der Waals surface area contributed by atoms with Crippen molar-refractivity contribution < 1.29 is 14.1 Å². The Morgan fingerprint density at radius 2 is 1.96 bits per heavy atom. The molecule has 148 valence electrons. The summed E-state index contributed by atoms with van der Waals surface area (Å²) in [5.74, 6) is 1.92. The molecule has 1 N–H and O–H groups in total. The summed E-state index contributed by atoms with van der Waals surface area (Å²) in [7, 11) is 1.82. The Morgan fingerprint density at radius 1 is 1.22 bits per heavy atom. The lowest BCUT2D eigenvalue weighted by Gasteiger charge is -2.33. The van der Waals surface area contributed by atoms with Crippen molar-refractivity contribution in [3.8, 4) is 0 Å². The molecule has 8 nitrogen and oxygen atoms in total. The van der Waals surface area contributed by atoms with E-state index in [-0.39, 0.29) is 23.7 Å². The molecule has 0 radical (unpaired) electrons. The highest BCUT2D eigenvalue weighted by Gasteiger charge is 2.35. The molecule has 1 aromatic rings. The number of hydrogen-bond donors (Lipinski definition) is 1. The van der Waals surface area contributed by atoms with Crippen LogP contribution in [0.25, 0.3) is 0 Å². The third-order valence-corrected chi connectivity index (χ3v) is 5.92. The number of piperidine rings is 1. The smallest absolute Gasteiger partial charge is 0.229 e. The van der Waals surface area contributed by atoms with Gasteiger partial charge in [0.15, 0.2) is 5.82 Å². The summed E-state index contributed by atoms with van der Waals surface area (Å²) >= 11 is 0. The monoisotopic (exact) mass is 375 g/mol. The summed E-state index contributed by atoms with van der Waals surface area (Å²) in [5, 5.41) is 7.30. The average Bonchev–Trinajstić information content (AvgIpc) is 3.20. The molecule has 2 atom stereocenters. The largest absolute Gasteiger partial charge is 0.345 e. The molecule has 1 aromatic heterocycles. The van der Waals surface area contributed by atoms with Gasteiger partial charge in [0, 0.05) is 52.1 Å². The van der Waals surface area contributed by atoms with Crippen molar-refractivity contribution in [2.24, 2.45) is 11.8 Å². The number of nitrogens with zero attached hydrogens (tertiary/aromatic N) is 4. The van der Waals surface area contributed by atoms with Crippen molar-refractivity contribution in [2.45, 2.75) is 44.4 Å². The molecule has 0 aromatic carbocycles. The van der Waals surface area contributed by atoms with Crippen molar-refractivity contribution in [1.29, 1.82) is 0 Å². The molecule has 8 heteroatoms. The van der Waals surface area contributed by atoms with Crippen LogP contribution in [0.5, 0.6) is 0 Å². The van der Waals surface area contributed by atoms with Crippen molar-refractivity contribution in [1.82, 2.24) is 25.3 Å². The molecule has 2 aliphatic heterocycles. The number of amides is 2. The van der Waals surface area contributed by atoms with Crippen molar-refractivity contribution in [3.63, 3.8) is 0 Å². The van der Waals surface area contributed by atoms with E-state index in [2.05, 4.69) is 15.5 Å². The maximum absolute atomic E-state index is 12.8. The van der Waals surface area contributed by atoms with Crippen LogP contribution in [0.3, 0.4) is 0 Å². The van der Waals surface area contributed by atoms with Gasteiger partial charge in [-0.25, -0.2) is 0 Å². The molecular weight excluding hydrogens is 346 g/mol. The van der Waals surface area contributed by atoms with Gasteiger partial charge < -0.3 is 19.6 Å². The third-order valence-electron chi connectivity index (χ3n) is 5.92. The summed E-state index contributed by atoms with van der Waals surface area (Å²) in [4.78, 5) is 33.6. The van der Waals surface area contributed by atoms with Crippen LogP contribution >= 0.6 is 0 Å². The zero-order valence-corrected chi connectivity index (χ0v) is 16.0. The molecular formula is C19H29N5O3. The molecule has 3 fully saturated rings. The first kappa shape index (κ1) is 18.4. The average molecular weight is 375 g/mol. The summed E-state index contributed by atoms with van der Waals surface area (Å²) in [5.41, 5.74) is 0. The quantitative estimate of drug-likeness (QED) is 0.791. The van der Waals surface area contributed by atoms with Crippen LogP contribution in [0.2, 0.25) is 0 Å². The Labute approximate surface area is 159 Å². The van der Waals surface area contributed by atoms with E-state index in [4.69, 9.17) is 4.52 Å². The fourth-order valence-corrected chi connectivity index (χ4v) is 4.07. The van der Waals surface area contributed by atoms with Crippen LogP contribution < -0.4 is 5.32 Å². The molecule has 0 spiro atoms. The van der Waals surface area contributed by atoms with Gasteiger partial charge in [0.05, 0.1) is 11.8 Å². The predicted octanol–water partition coefficient (Wildman–Crippen LogP) is 0.796. The molecule has 27 heavy (non-hydrogen) atoms. The molecule has 0 unspecified atom stereocenters. The van der Waals surface area contributed by atoms with E-state index in [1.165, 1.54) is 0 Å². The van der Waals surface area contributed by atoms with E-state index in [9.17, 15) is 9.59 Å². The van der Waals surface area contributed by atoms with Gasteiger partial charge in [-0.05, 0) is 32.1 Å². The maximum Gasteiger partial charge on any atom is 0.229 e. The Morgan fingerprint density at radius 3 is 2.70 bits per heavy atom. The molecule has 2 saturated heterocycles. The number of carbonyl (C=O) groups is 2. The van der Waals surface area contributed by atoms with Gasteiger partial charge in [0.1, 0.15) is 0 Å². The third kappa shape index (κ3) is 4.31. The van der Waals surface area contributed by atoms with Crippen LogP contribution in [-0.4, -0.2) is 71.5 Å². The van der Waals surface area contributed by atoms with E-state index in [0.717, 1.165) is 44.7 Å². The zero-order valence-electron chi connectivity index (χ0n) is 16.0. The normalized spacial score (nSPS) is 25.6. The van der Waals surface area contributed by atoms with Crippen LogP contribution in [-0.2, 0) is 16.0 Å². The van der Waals surface area contributed by atoms with Gasteiger partial charge in [-0.15, -0.1) is 0 Å². The summed E-state index contributed by atoms with van der Waals surface area (Å²) in [6.45, 7) is 3.60. The fourth-order valence-electron chi connectivity index (χ4n) is 4.07. The highest BCUT2D eigenvalue weighted by Crippen LogP contribution is 2.38. The first-order valence-corrected chi connectivity index (χ1v) is 10.2. The minimum absolute atomic E-state index is 0.0856. The molecule has 3 heterocycles. The number of aromatic nitrogens is 2. The summed E-state index contributed by atoms with van der Waals surface area (Å²) < 4.78 is 5.27. The first-order chi connectivity index (χ1) is 13.1. The van der Waals surface area contributed by atoms with E-state index in [1.54, 1.807) is 4.90 Å². The standard InChI is InChI=1S/C19H29N5O3/c1-23(9-6-16-21-17(27-22-16)13-4-5-13)18(25)14-10-15(12-20-11-14)19(26)24-7-2-3-8-24/h13-15,20H,2-12H2,1H3/t14-,15+/m1/s1. The first-order valence-electron chi connectivity index (χ1n) is 10.2. The molecule has 1 saturated carbocycles. The SMILES string of the molecule is CN(CCc1noc(C2CC2)n1)C(=O)[C@H]1CNC[C@@H](C(=O)N2CCCC2)C1. The fraction of sp³-hybridized carbons (Fsp3) is 0.789. The minimum Gasteiger partial charge on any atom is -0.345 e. The van der Waals surface area contributed by atoms with Gasteiger partial charge >= 0.3 is 0 Å². The maximum atomic E-state index is 12.8. The number of likely N-dealkylation sites (tertiary alicyclic amines) is 1. The number of likely N-dealkylation sites (N-methyl/N-ethyl adjacent to an activating group) is 1.